The summed E-state index contributed by atoms with van der Waals surface area (Å²) in [6.45, 7) is 5.67. The molecule has 1 aromatic rings. The minimum absolute atomic E-state index is 0.0930. The van der Waals surface area contributed by atoms with Crippen molar-refractivity contribution in [1.82, 2.24) is 10.2 Å². The van der Waals surface area contributed by atoms with Crippen molar-refractivity contribution >= 4 is 5.91 Å². The number of rotatable bonds is 3. The Morgan fingerprint density at radius 2 is 2.05 bits per heavy atom. The SMILES string of the molecule is CC(=O)N1CCC(C#N)(NCc2ccccc2C)CC1. The molecule has 0 aromatic heterocycles. The first-order valence-electron chi connectivity index (χ1n) is 7.03. The quantitative estimate of drug-likeness (QED) is 0.914. The van der Waals surface area contributed by atoms with Gasteiger partial charge in [-0.15, -0.1) is 0 Å². The second-order valence-corrected chi connectivity index (χ2v) is 5.48. The summed E-state index contributed by atoms with van der Waals surface area (Å²) < 4.78 is 0. The number of hydrogen-bond donors (Lipinski definition) is 1. The van der Waals surface area contributed by atoms with E-state index < -0.39 is 5.54 Å². The van der Waals surface area contributed by atoms with Crippen molar-refractivity contribution < 1.29 is 4.79 Å². The molecular weight excluding hydrogens is 250 g/mol. The highest BCUT2D eigenvalue weighted by Gasteiger charge is 2.34. The molecule has 0 unspecified atom stereocenters. The number of carbonyl (C=O) groups excluding carboxylic acids is 1. The predicted molar refractivity (Wildman–Crippen MR) is 77.9 cm³/mol. The number of nitrogens with zero attached hydrogens (tertiary/aromatic N) is 2. The lowest BCUT2D eigenvalue weighted by atomic mass is 9.88. The van der Waals surface area contributed by atoms with E-state index >= 15 is 0 Å². The molecule has 0 bridgehead atoms. The molecule has 0 spiro atoms. The number of amides is 1. The smallest absolute Gasteiger partial charge is 0.219 e. The highest BCUT2D eigenvalue weighted by Crippen LogP contribution is 2.22. The van der Waals surface area contributed by atoms with Gasteiger partial charge in [-0.2, -0.15) is 5.26 Å². The van der Waals surface area contributed by atoms with Gasteiger partial charge in [-0.25, -0.2) is 0 Å². The summed E-state index contributed by atoms with van der Waals surface area (Å²) in [4.78, 5) is 13.2. The van der Waals surface area contributed by atoms with Crippen LogP contribution in [-0.4, -0.2) is 29.4 Å². The zero-order valence-electron chi connectivity index (χ0n) is 12.1. The van der Waals surface area contributed by atoms with Gasteiger partial charge >= 0.3 is 0 Å². The molecule has 20 heavy (non-hydrogen) atoms. The van der Waals surface area contributed by atoms with Crippen LogP contribution in [0.3, 0.4) is 0 Å². The van der Waals surface area contributed by atoms with Crippen LogP contribution < -0.4 is 5.32 Å². The van der Waals surface area contributed by atoms with Crippen molar-refractivity contribution in [3.05, 3.63) is 35.4 Å². The first kappa shape index (κ1) is 14.5. The highest BCUT2D eigenvalue weighted by atomic mass is 16.2. The zero-order chi connectivity index (χ0) is 14.6. The maximum atomic E-state index is 11.3. The minimum Gasteiger partial charge on any atom is -0.343 e. The van der Waals surface area contributed by atoms with Crippen molar-refractivity contribution in [3.8, 4) is 6.07 Å². The number of nitrogens with one attached hydrogen (secondary N) is 1. The molecule has 1 heterocycles. The molecule has 1 aliphatic heterocycles. The van der Waals surface area contributed by atoms with Gasteiger partial charge in [0.25, 0.3) is 0 Å². The number of likely N-dealkylation sites (tertiary alicyclic amines) is 1. The first-order valence-corrected chi connectivity index (χ1v) is 7.03. The van der Waals surface area contributed by atoms with Crippen LogP contribution in [0.4, 0.5) is 0 Å². The van der Waals surface area contributed by atoms with Crippen LogP contribution >= 0.6 is 0 Å². The van der Waals surface area contributed by atoms with Gasteiger partial charge in [-0.1, -0.05) is 24.3 Å². The maximum Gasteiger partial charge on any atom is 0.219 e. The molecule has 1 aliphatic rings. The van der Waals surface area contributed by atoms with E-state index in [1.54, 1.807) is 6.92 Å². The molecule has 0 saturated carbocycles. The molecule has 2 rings (SSSR count). The number of hydrogen-bond acceptors (Lipinski definition) is 3. The van der Waals surface area contributed by atoms with Gasteiger partial charge in [-0.3, -0.25) is 10.1 Å². The number of carbonyl (C=O) groups is 1. The molecule has 1 aromatic carbocycles. The van der Waals surface area contributed by atoms with E-state index in [9.17, 15) is 10.1 Å². The van der Waals surface area contributed by atoms with Crippen LogP contribution in [0.25, 0.3) is 0 Å². The molecule has 4 nitrogen and oxygen atoms in total. The molecule has 106 valence electrons. The molecule has 1 N–H and O–H groups in total. The second-order valence-electron chi connectivity index (χ2n) is 5.48. The van der Waals surface area contributed by atoms with Crippen molar-refractivity contribution in [2.24, 2.45) is 0 Å². The molecule has 0 radical (unpaired) electrons. The van der Waals surface area contributed by atoms with Crippen LogP contribution in [-0.2, 0) is 11.3 Å². The van der Waals surface area contributed by atoms with Crippen LogP contribution in [0.2, 0.25) is 0 Å². The van der Waals surface area contributed by atoms with Crippen molar-refractivity contribution in [2.45, 2.75) is 38.8 Å². The summed E-state index contributed by atoms with van der Waals surface area (Å²) in [5.74, 6) is 0.0930. The molecular formula is C16H21N3O. The molecule has 1 fully saturated rings. The third-order valence-electron chi connectivity index (χ3n) is 4.15. The Kier molecular flexibility index (Phi) is 4.41. The van der Waals surface area contributed by atoms with Gasteiger partial charge in [0.15, 0.2) is 0 Å². The molecule has 1 amide bonds. The second kappa shape index (κ2) is 6.06. The van der Waals surface area contributed by atoms with Gasteiger partial charge in [0.2, 0.25) is 5.91 Å². The van der Waals surface area contributed by atoms with Gasteiger partial charge < -0.3 is 4.90 Å². The van der Waals surface area contributed by atoms with Gasteiger partial charge in [-0.05, 0) is 30.9 Å². The largest absolute Gasteiger partial charge is 0.343 e. The fourth-order valence-corrected chi connectivity index (χ4v) is 2.60. The van der Waals surface area contributed by atoms with E-state index in [4.69, 9.17) is 0 Å². The lowest BCUT2D eigenvalue weighted by molar-refractivity contribution is -0.130. The van der Waals surface area contributed by atoms with Gasteiger partial charge in [0.05, 0.1) is 6.07 Å². The van der Waals surface area contributed by atoms with Crippen LogP contribution in [0.1, 0.15) is 30.9 Å². The monoisotopic (exact) mass is 271 g/mol. The zero-order valence-corrected chi connectivity index (χ0v) is 12.1. The normalized spacial score (nSPS) is 17.6. The average Bonchev–Trinajstić information content (AvgIpc) is 2.47. The topological polar surface area (TPSA) is 56.1 Å². The summed E-state index contributed by atoms with van der Waals surface area (Å²) in [6, 6.07) is 10.6. The fourth-order valence-electron chi connectivity index (χ4n) is 2.60. The Hall–Kier alpha value is -1.86. The van der Waals surface area contributed by atoms with E-state index in [-0.39, 0.29) is 5.91 Å². The van der Waals surface area contributed by atoms with E-state index in [0.717, 1.165) is 0 Å². The minimum atomic E-state index is -0.506. The number of aryl methyl sites for hydroxylation is 1. The van der Waals surface area contributed by atoms with Crippen LogP contribution in [0.5, 0.6) is 0 Å². The van der Waals surface area contributed by atoms with Crippen molar-refractivity contribution in [1.29, 1.82) is 5.26 Å². The third-order valence-corrected chi connectivity index (χ3v) is 4.15. The maximum absolute atomic E-state index is 11.3. The molecule has 0 aliphatic carbocycles. The van der Waals surface area contributed by atoms with Crippen molar-refractivity contribution in [2.75, 3.05) is 13.1 Å². The Morgan fingerprint density at radius 1 is 1.40 bits per heavy atom. The Labute approximate surface area is 120 Å². The van der Waals surface area contributed by atoms with E-state index in [2.05, 4.69) is 30.4 Å². The van der Waals surface area contributed by atoms with E-state index in [1.165, 1.54) is 11.1 Å². The predicted octanol–water partition coefficient (Wildman–Crippen LogP) is 1.99. The average molecular weight is 271 g/mol. The standard InChI is InChI=1S/C16H21N3O/c1-13-5-3-4-6-15(13)11-18-16(12-17)7-9-19(10-8-16)14(2)20/h3-6,18H,7-11H2,1-2H3. The van der Waals surface area contributed by atoms with Crippen LogP contribution in [0, 0.1) is 18.3 Å². The number of benzene rings is 1. The Morgan fingerprint density at radius 3 is 2.60 bits per heavy atom. The summed E-state index contributed by atoms with van der Waals surface area (Å²) in [5.41, 5.74) is 1.94. The Bertz CT molecular complexity index is 525. The summed E-state index contributed by atoms with van der Waals surface area (Å²) >= 11 is 0. The van der Waals surface area contributed by atoms with Crippen molar-refractivity contribution in [3.63, 3.8) is 0 Å². The summed E-state index contributed by atoms with van der Waals surface area (Å²) in [7, 11) is 0. The Balaban J connectivity index is 1.99. The molecule has 0 atom stereocenters. The lowest BCUT2D eigenvalue weighted by Crippen LogP contribution is -2.53. The highest BCUT2D eigenvalue weighted by molar-refractivity contribution is 5.73. The third kappa shape index (κ3) is 3.17. The number of nitriles is 1. The molecule has 4 heteroatoms. The lowest BCUT2D eigenvalue weighted by Gasteiger charge is -2.37. The van der Waals surface area contributed by atoms with Crippen LogP contribution in [0.15, 0.2) is 24.3 Å². The van der Waals surface area contributed by atoms with Gasteiger partial charge in [0, 0.05) is 26.6 Å². The summed E-state index contributed by atoms with van der Waals surface area (Å²) in [5, 5.41) is 12.9. The molecule has 1 saturated heterocycles. The number of piperidine rings is 1. The van der Waals surface area contributed by atoms with Gasteiger partial charge in [0.1, 0.15) is 5.54 Å². The first-order chi connectivity index (χ1) is 9.56. The van der Waals surface area contributed by atoms with E-state index in [0.29, 0.717) is 32.5 Å². The summed E-state index contributed by atoms with van der Waals surface area (Å²) in [6.07, 6.45) is 1.38. The fraction of sp³-hybridized carbons (Fsp3) is 0.500. The van der Waals surface area contributed by atoms with E-state index in [1.807, 2.05) is 17.0 Å².